The summed E-state index contributed by atoms with van der Waals surface area (Å²) in [5.41, 5.74) is 2.01. The van der Waals surface area contributed by atoms with Crippen LogP contribution in [0.5, 0.6) is 0 Å². The van der Waals surface area contributed by atoms with Gasteiger partial charge in [0, 0.05) is 11.1 Å². The zero-order valence-corrected chi connectivity index (χ0v) is 11.4. The zero-order chi connectivity index (χ0) is 13.0. The Labute approximate surface area is 113 Å². The van der Waals surface area contributed by atoms with Gasteiger partial charge in [0.2, 0.25) is 0 Å². The molecule has 1 atom stereocenters. The van der Waals surface area contributed by atoms with Crippen molar-refractivity contribution in [3.63, 3.8) is 0 Å². The third kappa shape index (κ3) is 3.82. The Morgan fingerprint density at radius 3 is 3.06 bits per heavy atom. The maximum atomic E-state index is 13.2. The van der Waals surface area contributed by atoms with Gasteiger partial charge < -0.3 is 5.32 Å². The summed E-state index contributed by atoms with van der Waals surface area (Å²) < 4.78 is 13.2. The average molecular weight is 268 g/mol. The Bertz CT molecular complexity index is 436. The number of hydrogen-bond acceptors (Lipinski definition) is 1. The molecule has 1 aromatic rings. The van der Waals surface area contributed by atoms with Crippen LogP contribution in [0.4, 0.5) is 4.39 Å². The van der Waals surface area contributed by atoms with Crippen molar-refractivity contribution in [2.75, 3.05) is 6.54 Å². The molecule has 3 heteroatoms. The van der Waals surface area contributed by atoms with Crippen molar-refractivity contribution in [2.45, 2.75) is 38.6 Å². The maximum absolute atomic E-state index is 13.2. The van der Waals surface area contributed by atoms with Crippen LogP contribution in [0.15, 0.2) is 23.8 Å². The second-order valence-corrected chi connectivity index (χ2v) is 5.41. The molecule has 1 N–H and O–H groups in total. The first-order valence-electron chi connectivity index (χ1n) is 6.51. The fourth-order valence-corrected chi connectivity index (χ4v) is 2.61. The molecule has 0 radical (unpaired) electrons. The van der Waals surface area contributed by atoms with E-state index >= 15 is 0 Å². The van der Waals surface area contributed by atoms with Gasteiger partial charge in [-0.2, -0.15) is 0 Å². The Morgan fingerprint density at radius 1 is 1.50 bits per heavy atom. The number of rotatable bonds is 3. The first-order valence-corrected chi connectivity index (χ1v) is 6.88. The summed E-state index contributed by atoms with van der Waals surface area (Å²) >= 11 is 6.06. The van der Waals surface area contributed by atoms with Crippen molar-refractivity contribution in [3.8, 4) is 0 Å². The van der Waals surface area contributed by atoms with Crippen molar-refractivity contribution in [1.29, 1.82) is 0 Å². The number of benzene rings is 1. The fourth-order valence-electron chi connectivity index (χ4n) is 2.44. The molecule has 18 heavy (non-hydrogen) atoms. The van der Waals surface area contributed by atoms with Crippen LogP contribution in [0.3, 0.4) is 0 Å². The molecule has 98 valence electrons. The first-order chi connectivity index (χ1) is 8.65. The van der Waals surface area contributed by atoms with Crippen LogP contribution in [0.2, 0.25) is 5.02 Å². The third-order valence-corrected chi connectivity index (χ3v) is 3.68. The SMILES string of the molecule is C/C(=C/c1cc(F)ccc1Cl)CC1CCCCN1. The summed E-state index contributed by atoms with van der Waals surface area (Å²) in [6.45, 7) is 3.19. The summed E-state index contributed by atoms with van der Waals surface area (Å²) in [5.74, 6) is -0.241. The number of halogens is 2. The van der Waals surface area contributed by atoms with Crippen LogP contribution in [0.25, 0.3) is 6.08 Å². The number of piperidine rings is 1. The summed E-state index contributed by atoms with van der Waals surface area (Å²) in [6, 6.07) is 5.04. The number of hydrogen-bond donors (Lipinski definition) is 1. The molecule has 0 aliphatic carbocycles. The maximum Gasteiger partial charge on any atom is 0.123 e. The van der Waals surface area contributed by atoms with Gasteiger partial charge in [-0.25, -0.2) is 4.39 Å². The van der Waals surface area contributed by atoms with E-state index in [0.717, 1.165) is 18.5 Å². The normalized spacial score (nSPS) is 21.1. The van der Waals surface area contributed by atoms with E-state index in [1.54, 1.807) is 6.07 Å². The standard InChI is InChI=1S/C15H19ClFN/c1-11(9-14-4-2-3-7-18-14)8-12-10-13(17)5-6-15(12)16/h5-6,8,10,14,18H,2-4,7,9H2,1H3/b11-8-. The molecule has 1 nitrogen and oxygen atoms in total. The predicted octanol–water partition coefficient (Wildman–Crippen LogP) is 4.41. The lowest BCUT2D eigenvalue weighted by Crippen LogP contribution is -2.33. The summed E-state index contributed by atoms with van der Waals surface area (Å²) in [4.78, 5) is 0. The van der Waals surface area contributed by atoms with Crippen LogP contribution in [0.1, 0.15) is 38.2 Å². The minimum Gasteiger partial charge on any atom is -0.314 e. The monoisotopic (exact) mass is 267 g/mol. The van der Waals surface area contributed by atoms with E-state index in [1.807, 2.05) is 6.08 Å². The van der Waals surface area contributed by atoms with Crippen LogP contribution >= 0.6 is 11.6 Å². The molecule has 1 aliphatic heterocycles. The van der Waals surface area contributed by atoms with E-state index in [-0.39, 0.29) is 5.82 Å². The Kier molecular flexibility index (Phi) is 4.79. The van der Waals surface area contributed by atoms with Crippen molar-refractivity contribution in [2.24, 2.45) is 0 Å². The van der Waals surface area contributed by atoms with Crippen molar-refractivity contribution < 1.29 is 4.39 Å². The topological polar surface area (TPSA) is 12.0 Å². The van der Waals surface area contributed by atoms with Gasteiger partial charge in [-0.1, -0.05) is 29.7 Å². The molecule has 1 saturated heterocycles. The highest BCUT2D eigenvalue weighted by Crippen LogP contribution is 2.22. The summed E-state index contributed by atoms with van der Waals surface area (Å²) in [6.07, 6.45) is 6.79. The lowest BCUT2D eigenvalue weighted by atomic mass is 9.97. The molecule has 0 spiro atoms. The molecule has 0 saturated carbocycles. The Morgan fingerprint density at radius 2 is 2.33 bits per heavy atom. The molecule has 0 amide bonds. The molecule has 0 bridgehead atoms. The summed E-state index contributed by atoms with van der Waals surface area (Å²) in [5, 5.41) is 4.12. The minimum atomic E-state index is -0.241. The molecule has 1 heterocycles. The number of nitrogens with one attached hydrogen (secondary N) is 1. The molecule has 1 aromatic carbocycles. The van der Waals surface area contributed by atoms with Gasteiger partial charge >= 0.3 is 0 Å². The van der Waals surface area contributed by atoms with Crippen molar-refractivity contribution in [1.82, 2.24) is 5.32 Å². The molecule has 1 fully saturated rings. The third-order valence-electron chi connectivity index (χ3n) is 3.34. The van der Waals surface area contributed by atoms with Crippen LogP contribution in [-0.2, 0) is 0 Å². The molecule has 1 unspecified atom stereocenters. The fraction of sp³-hybridized carbons (Fsp3) is 0.467. The highest BCUT2D eigenvalue weighted by molar-refractivity contribution is 6.32. The van der Waals surface area contributed by atoms with E-state index in [0.29, 0.717) is 11.1 Å². The van der Waals surface area contributed by atoms with E-state index in [1.165, 1.54) is 37.0 Å². The van der Waals surface area contributed by atoms with Gasteiger partial charge in [0.25, 0.3) is 0 Å². The van der Waals surface area contributed by atoms with Crippen LogP contribution in [0, 0.1) is 5.82 Å². The van der Waals surface area contributed by atoms with Crippen LogP contribution < -0.4 is 5.32 Å². The Balaban J connectivity index is 2.04. The van der Waals surface area contributed by atoms with E-state index in [2.05, 4.69) is 12.2 Å². The van der Waals surface area contributed by atoms with Gasteiger partial charge in [0.1, 0.15) is 5.82 Å². The highest BCUT2D eigenvalue weighted by atomic mass is 35.5. The lowest BCUT2D eigenvalue weighted by Gasteiger charge is -2.23. The van der Waals surface area contributed by atoms with E-state index in [4.69, 9.17) is 11.6 Å². The highest BCUT2D eigenvalue weighted by Gasteiger charge is 2.12. The van der Waals surface area contributed by atoms with Gasteiger partial charge in [0.15, 0.2) is 0 Å². The van der Waals surface area contributed by atoms with Gasteiger partial charge in [-0.05, 0) is 56.5 Å². The smallest absolute Gasteiger partial charge is 0.123 e. The van der Waals surface area contributed by atoms with Gasteiger partial charge in [0.05, 0.1) is 0 Å². The van der Waals surface area contributed by atoms with Crippen molar-refractivity contribution in [3.05, 3.63) is 40.2 Å². The second-order valence-electron chi connectivity index (χ2n) is 5.01. The molecule has 2 rings (SSSR count). The first kappa shape index (κ1) is 13.6. The Hall–Kier alpha value is -0.860. The zero-order valence-electron chi connectivity index (χ0n) is 10.7. The van der Waals surface area contributed by atoms with Gasteiger partial charge in [-0.3, -0.25) is 0 Å². The molecular formula is C15H19ClFN. The van der Waals surface area contributed by atoms with E-state index < -0.39 is 0 Å². The van der Waals surface area contributed by atoms with Gasteiger partial charge in [-0.15, -0.1) is 0 Å². The van der Waals surface area contributed by atoms with E-state index in [9.17, 15) is 4.39 Å². The average Bonchev–Trinajstić information content (AvgIpc) is 2.35. The van der Waals surface area contributed by atoms with Crippen LogP contribution in [-0.4, -0.2) is 12.6 Å². The molecular weight excluding hydrogens is 249 g/mol. The summed E-state index contributed by atoms with van der Waals surface area (Å²) in [7, 11) is 0. The largest absolute Gasteiger partial charge is 0.314 e. The second kappa shape index (κ2) is 6.35. The van der Waals surface area contributed by atoms with Crippen molar-refractivity contribution >= 4 is 17.7 Å². The lowest BCUT2D eigenvalue weighted by molar-refractivity contribution is 0.399. The molecule has 1 aliphatic rings. The quantitative estimate of drug-likeness (QED) is 0.855. The predicted molar refractivity (Wildman–Crippen MR) is 75.3 cm³/mol. The minimum absolute atomic E-state index is 0.241. The molecule has 0 aromatic heterocycles.